The highest BCUT2D eigenvalue weighted by Crippen LogP contribution is 2.35. The van der Waals surface area contributed by atoms with Crippen LogP contribution in [-0.2, 0) is 32.6 Å². The largest absolute Gasteiger partial charge is 0.354 e. The Labute approximate surface area is 282 Å². The summed E-state index contributed by atoms with van der Waals surface area (Å²) in [5, 5.41) is 3.13. The summed E-state index contributed by atoms with van der Waals surface area (Å²) in [4.78, 5) is 29.9. The standard InChI is InChI=1S/C36H39Cl2N3O4S/c1-25(2)22-39-36(43)33(21-28-9-6-5-7-10-28)40(23-29-17-13-26(3)14-18-29)34(42)24-41(32-12-8-11-31(37)35(32)38)46(44,45)30-19-15-27(4)16-20-30/h5-20,25,33H,21-24H2,1-4H3,(H,39,43). The van der Waals surface area contributed by atoms with E-state index in [9.17, 15) is 18.0 Å². The molecule has 1 N–H and O–H groups in total. The molecule has 10 heteroatoms. The Hall–Kier alpha value is -3.85. The lowest BCUT2D eigenvalue weighted by Gasteiger charge is -2.34. The zero-order valence-corrected chi connectivity index (χ0v) is 28.7. The van der Waals surface area contributed by atoms with Crippen LogP contribution in [0.2, 0.25) is 10.0 Å². The molecule has 1 atom stereocenters. The molecular formula is C36H39Cl2N3O4S. The fourth-order valence-corrected chi connectivity index (χ4v) is 6.78. The third kappa shape index (κ3) is 8.90. The van der Waals surface area contributed by atoms with E-state index in [1.54, 1.807) is 24.3 Å². The molecular weight excluding hydrogens is 641 g/mol. The Morgan fingerprint density at radius 2 is 1.39 bits per heavy atom. The number of benzene rings is 4. The molecule has 0 spiro atoms. The van der Waals surface area contributed by atoms with Gasteiger partial charge in [0.15, 0.2) is 0 Å². The van der Waals surface area contributed by atoms with Gasteiger partial charge in [0, 0.05) is 19.5 Å². The molecule has 0 aliphatic rings. The predicted molar refractivity (Wildman–Crippen MR) is 186 cm³/mol. The topological polar surface area (TPSA) is 86.8 Å². The number of sulfonamides is 1. The van der Waals surface area contributed by atoms with E-state index in [1.807, 2.05) is 82.3 Å². The van der Waals surface area contributed by atoms with Gasteiger partial charge >= 0.3 is 0 Å². The summed E-state index contributed by atoms with van der Waals surface area (Å²) in [5.74, 6) is -0.720. The fourth-order valence-electron chi connectivity index (χ4n) is 4.90. The van der Waals surface area contributed by atoms with Crippen LogP contribution < -0.4 is 9.62 Å². The van der Waals surface area contributed by atoms with E-state index in [1.165, 1.54) is 23.1 Å². The second kappa shape index (κ2) is 15.6. The van der Waals surface area contributed by atoms with Gasteiger partial charge in [-0.2, -0.15) is 0 Å². The van der Waals surface area contributed by atoms with Crippen LogP contribution in [0.5, 0.6) is 0 Å². The van der Waals surface area contributed by atoms with Crippen LogP contribution in [0.4, 0.5) is 5.69 Å². The Morgan fingerprint density at radius 1 is 0.783 bits per heavy atom. The second-order valence-corrected chi connectivity index (χ2v) is 14.4. The van der Waals surface area contributed by atoms with E-state index in [-0.39, 0.29) is 45.4 Å². The smallest absolute Gasteiger partial charge is 0.264 e. The van der Waals surface area contributed by atoms with E-state index < -0.39 is 28.5 Å². The maximum Gasteiger partial charge on any atom is 0.264 e. The summed E-state index contributed by atoms with van der Waals surface area (Å²) in [5.41, 5.74) is 3.63. The Balaban J connectivity index is 1.82. The quantitative estimate of drug-likeness (QED) is 0.162. The Kier molecular flexibility index (Phi) is 11.9. The number of hydrogen-bond donors (Lipinski definition) is 1. The summed E-state index contributed by atoms with van der Waals surface area (Å²) < 4.78 is 29.4. The number of aryl methyl sites for hydroxylation is 2. The van der Waals surface area contributed by atoms with Gasteiger partial charge in [0.1, 0.15) is 12.6 Å². The van der Waals surface area contributed by atoms with Crippen LogP contribution in [0.15, 0.2) is 102 Å². The molecule has 4 rings (SSSR count). The minimum Gasteiger partial charge on any atom is -0.354 e. The van der Waals surface area contributed by atoms with Crippen molar-refractivity contribution >= 4 is 50.7 Å². The van der Waals surface area contributed by atoms with E-state index in [0.29, 0.717) is 6.54 Å². The molecule has 0 saturated carbocycles. The SMILES string of the molecule is Cc1ccc(CN(C(=O)CN(c2cccc(Cl)c2Cl)S(=O)(=O)c2ccc(C)cc2)C(Cc2ccccc2)C(=O)NCC(C)C)cc1. The lowest BCUT2D eigenvalue weighted by Crippen LogP contribution is -2.53. The number of rotatable bonds is 13. The highest BCUT2D eigenvalue weighted by Gasteiger charge is 2.35. The molecule has 0 bridgehead atoms. The monoisotopic (exact) mass is 679 g/mol. The van der Waals surface area contributed by atoms with Gasteiger partial charge in [-0.1, -0.05) is 121 Å². The van der Waals surface area contributed by atoms with Gasteiger partial charge in [-0.05, 0) is 55.2 Å². The average Bonchev–Trinajstić information content (AvgIpc) is 3.03. The summed E-state index contributed by atoms with van der Waals surface area (Å²) in [7, 11) is -4.30. The number of carbonyl (C=O) groups excluding carboxylic acids is 2. The highest BCUT2D eigenvalue weighted by molar-refractivity contribution is 7.92. The zero-order chi connectivity index (χ0) is 33.4. The molecule has 4 aromatic rings. The van der Waals surface area contributed by atoms with Crippen molar-refractivity contribution in [3.63, 3.8) is 0 Å². The molecule has 0 aromatic heterocycles. The van der Waals surface area contributed by atoms with Crippen LogP contribution in [0.3, 0.4) is 0 Å². The highest BCUT2D eigenvalue weighted by atomic mass is 35.5. The third-order valence-electron chi connectivity index (χ3n) is 7.52. The number of amides is 2. The summed E-state index contributed by atoms with van der Waals surface area (Å²) in [6.45, 7) is 7.67. The van der Waals surface area contributed by atoms with Gasteiger partial charge in [-0.3, -0.25) is 13.9 Å². The van der Waals surface area contributed by atoms with Crippen LogP contribution in [0, 0.1) is 19.8 Å². The van der Waals surface area contributed by atoms with Crippen molar-refractivity contribution in [2.24, 2.45) is 5.92 Å². The molecule has 242 valence electrons. The van der Waals surface area contributed by atoms with Crippen LogP contribution in [-0.4, -0.2) is 44.3 Å². The van der Waals surface area contributed by atoms with Gasteiger partial charge in [-0.25, -0.2) is 8.42 Å². The van der Waals surface area contributed by atoms with Crippen LogP contribution in [0.25, 0.3) is 0 Å². The first-order valence-electron chi connectivity index (χ1n) is 15.1. The predicted octanol–water partition coefficient (Wildman–Crippen LogP) is 7.22. The molecule has 0 aliphatic heterocycles. The van der Waals surface area contributed by atoms with Crippen molar-refractivity contribution in [3.05, 3.63) is 129 Å². The maximum absolute atomic E-state index is 14.6. The first-order chi connectivity index (χ1) is 21.9. The van der Waals surface area contributed by atoms with Gasteiger partial charge < -0.3 is 10.2 Å². The van der Waals surface area contributed by atoms with Crippen molar-refractivity contribution in [3.8, 4) is 0 Å². The Bertz CT molecular complexity index is 1750. The molecule has 4 aromatic carbocycles. The van der Waals surface area contributed by atoms with Crippen molar-refractivity contribution in [1.82, 2.24) is 10.2 Å². The van der Waals surface area contributed by atoms with E-state index >= 15 is 0 Å². The molecule has 46 heavy (non-hydrogen) atoms. The maximum atomic E-state index is 14.6. The first kappa shape index (κ1) is 35.0. The fraction of sp³-hybridized carbons (Fsp3) is 0.278. The van der Waals surface area contributed by atoms with Crippen LogP contribution >= 0.6 is 23.2 Å². The minimum absolute atomic E-state index is 0.00625. The van der Waals surface area contributed by atoms with Gasteiger partial charge in [0.05, 0.1) is 20.6 Å². The van der Waals surface area contributed by atoms with Crippen molar-refractivity contribution in [2.45, 2.75) is 51.6 Å². The number of carbonyl (C=O) groups is 2. The summed E-state index contributed by atoms with van der Waals surface area (Å²) in [6, 6.07) is 27.1. The summed E-state index contributed by atoms with van der Waals surface area (Å²) in [6.07, 6.45) is 0.227. The van der Waals surface area contributed by atoms with Gasteiger partial charge in [0.2, 0.25) is 11.8 Å². The van der Waals surface area contributed by atoms with Crippen LogP contribution in [0.1, 0.15) is 36.1 Å². The average molecular weight is 681 g/mol. The lowest BCUT2D eigenvalue weighted by molar-refractivity contribution is -0.140. The molecule has 7 nitrogen and oxygen atoms in total. The molecule has 2 amide bonds. The number of anilines is 1. The first-order valence-corrected chi connectivity index (χ1v) is 17.3. The molecule has 0 fully saturated rings. The third-order valence-corrected chi connectivity index (χ3v) is 10.1. The van der Waals surface area contributed by atoms with Crippen molar-refractivity contribution in [1.29, 1.82) is 0 Å². The van der Waals surface area contributed by atoms with Crippen molar-refractivity contribution in [2.75, 3.05) is 17.4 Å². The van der Waals surface area contributed by atoms with E-state index in [4.69, 9.17) is 23.2 Å². The minimum atomic E-state index is -4.30. The van der Waals surface area contributed by atoms with E-state index in [2.05, 4.69) is 5.32 Å². The Morgan fingerprint density at radius 3 is 2.00 bits per heavy atom. The second-order valence-electron chi connectivity index (χ2n) is 11.7. The lowest BCUT2D eigenvalue weighted by atomic mass is 10.0. The number of nitrogens with zero attached hydrogens (tertiary/aromatic N) is 2. The van der Waals surface area contributed by atoms with Gasteiger partial charge in [-0.15, -0.1) is 0 Å². The van der Waals surface area contributed by atoms with E-state index in [0.717, 1.165) is 26.6 Å². The van der Waals surface area contributed by atoms with Gasteiger partial charge in [0.25, 0.3) is 10.0 Å². The summed E-state index contributed by atoms with van der Waals surface area (Å²) >= 11 is 12.9. The molecule has 0 aliphatic carbocycles. The number of nitrogens with one attached hydrogen (secondary N) is 1. The normalized spacial score (nSPS) is 12.1. The molecule has 0 heterocycles. The molecule has 1 unspecified atom stereocenters. The number of hydrogen-bond acceptors (Lipinski definition) is 4. The van der Waals surface area contributed by atoms with Crippen molar-refractivity contribution < 1.29 is 18.0 Å². The zero-order valence-electron chi connectivity index (χ0n) is 26.4. The molecule has 0 radical (unpaired) electrons. The molecule has 0 saturated heterocycles. The number of halogens is 2.